The first kappa shape index (κ1) is 109. The minimum atomic E-state index is -0.612. The van der Waals surface area contributed by atoms with Crippen LogP contribution in [0.15, 0.2) is 174 Å². The van der Waals surface area contributed by atoms with Crippen molar-refractivity contribution in [3.05, 3.63) is 275 Å². The molecule has 0 spiro atoms. The quantitative estimate of drug-likeness (QED) is 0.0280. The average molecular weight is 2030 g/mol. The van der Waals surface area contributed by atoms with Crippen molar-refractivity contribution in [3.63, 3.8) is 0 Å². The number of aliphatic hydroxyl groups is 1. The highest BCUT2D eigenvalue weighted by Gasteiger charge is 2.33. The van der Waals surface area contributed by atoms with E-state index in [1.165, 1.54) is 19.3 Å². The van der Waals surface area contributed by atoms with Gasteiger partial charge in [-0.05, 0) is 217 Å². The van der Waals surface area contributed by atoms with Gasteiger partial charge in [-0.25, -0.2) is 0 Å². The Hall–Kier alpha value is -13.0. The van der Waals surface area contributed by atoms with E-state index in [0.717, 1.165) is 237 Å². The number of piperidine rings is 1. The number of aromatic nitrogens is 6. The van der Waals surface area contributed by atoms with Gasteiger partial charge in [-0.2, -0.15) is 0 Å². The van der Waals surface area contributed by atoms with Crippen molar-refractivity contribution in [1.82, 2.24) is 104 Å². The SMILES string of the molecule is CC(O)NCCC(=O)N1CCc2[nH]c(=O)c3ccccc3c2C1.CN(C)CC(=O)N1CCc2[nH]c(=O)c3ccccc3c2C1.CN(C)CCCN(C)CCC(=O)N1CCc2[nH]c(=O)c3ccccc3c2C1.CN1CCN(CCC(=O)N2CCc3[nH]c(=O)c4ccccc4c3C2)CC1.CN1CCN(CCCC(=O)N2CCc3[nH]c(=O)c4ccccc4c3C2)CC1.O=C(CCN1CCCCC1)N1CCc2[nH]c(=O)c3ccccc3c2C1. The third-order valence-electron chi connectivity index (χ3n) is 30.6. The summed E-state index contributed by atoms with van der Waals surface area (Å²) in [6.45, 7) is 26.4. The van der Waals surface area contributed by atoms with Crippen LogP contribution < -0.4 is 38.7 Å². The van der Waals surface area contributed by atoms with E-state index >= 15 is 0 Å². The third-order valence-corrected chi connectivity index (χ3v) is 30.6. The van der Waals surface area contributed by atoms with Crippen molar-refractivity contribution >= 4 is 100 Å². The van der Waals surface area contributed by atoms with E-state index in [4.69, 9.17) is 0 Å². The lowest BCUT2D eigenvalue weighted by Gasteiger charge is -2.33. The number of nitrogens with zero attached hydrogens (tertiary/aromatic N) is 14. The molecule has 0 saturated carbocycles. The topological polar surface area (TPSA) is 377 Å². The lowest BCUT2D eigenvalue weighted by Crippen LogP contribution is -2.46. The number of pyridine rings is 6. The monoisotopic (exact) mass is 2030 g/mol. The Morgan fingerprint density at radius 3 is 0.846 bits per heavy atom. The van der Waals surface area contributed by atoms with Crippen LogP contribution in [0.1, 0.15) is 139 Å². The van der Waals surface area contributed by atoms with E-state index in [0.29, 0.717) is 175 Å². The fourth-order valence-corrected chi connectivity index (χ4v) is 22.0. The molecule has 9 aliphatic rings. The van der Waals surface area contributed by atoms with Crippen LogP contribution in [0.2, 0.25) is 0 Å². The summed E-state index contributed by atoms with van der Waals surface area (Å²) in [5.74, 6) is 1.04. The fourth-order valence-electron chi connectivity index (χ4n) is 22.0. The second-order valence-corrected chi connectivity index (χ2v) is 41.8. The average Bonchev–Trinajstić information content (AvgIpc) is 0.794. The molecule has 15 heterocycles. The molecule has 9 aliphatic heterocycles. The van der Waals surface area contributed by atoms with Crippen molar-refractivity contribution in [3.8, 4) is 0 Å². The van der Waals surface area contributed by atoms with Crippen molar-refractivity contribution in [1.29, 1.82) is 0 Å². The zero-order valence-corrected chi connectivity index (χ0v) is 88.1. The number of hydrogen-bond donors (Lipinski definition) is 8. The summed E-state index contributed by atoms with van der Waals surface area (Å²) < 4.78 is 0. The molecular weight excluding hydrogens is 1880 g/mol. The molecule has 0 aliphatic carbocycles. The van der Waals surface area contributed by atoms with Crippen LogP contribution in [0.4, 0.5) is 0 Å². The molecule has 1 unspecified atom stereocenters. The van der Waals surface area contributed by atoms with E-state index in [1.807, 2.05) is 194 Å². The Morgan fingerprint density at radius 2 is 0.557 bits per heavy atom. The van der Waals surface area contributed by atoms with E-state index < -0.39 is 6.23 Å². The summed E-state index contributed by atoms with van der Waals surface area (Å²) in [5, 5.41) is 22.0. The molecule has 6 amide bonds. The number of aliphatic hydroxyl groups excluding tert-OH is 1. The van der Waals surface area contributed by atoms with Gasteiger partial charge in [-0.1, -0.05) is 116 Å². The molecule has 6 aromatic carbocycles. The van der Waals surface area contributed by atoms with Crippen LogP contribution in [0, 0.1) is 0 Å². The standard InChI is InChI=1S/C21H28N4O2.C21H30N4O2.C20H26N4O2.C20H25N3O2.C17H21N3O3.C16H19N3O2/c1-23-11-13-24(14-12-23)9-4-7-20(26)25-10-8-19-18(15-25)16-5-2-3-6-17(16)21(27)22-19;1-23(2)11-6-12-24(3)13-10-20(26)25-14-9-19-18(15-25)16-7-4-5-8-17(16)21(27)22-19;1-22-10-12-23(13-11-22)8-7-19(25)24-9-6-18-17(14-24)15-4-2-3-5-16(15)20(26)21-18;24-19(9-12-22-10-4-1-5-11-22)23-13-8-18-17(14-23)15-6-2-3-7-16(15)20(25)21-18;1-11(21)18-8-6-16(22)20-9-7-15-14(10-20)12-4-2-3-5-13(12)17(23)19-15;1-18(2)10-15(20)19-8-7-14-13(9-19)11-5-3-4-6-12(11)16(21)17-14/h2-3,5-6H,4,7-15H2,1H3,(H,22,27);4-5,7-8H,6,9-15H2,1-3H3,(H,22,27);2-5H,6-14H2,1H3,(H,21,26);2-3,6-7H,1,4-5,8-14H2,(H,21,25);2-5,11,18,21H,6-10H2,1H3,(H,19,23);3-6H,7-10H2,1-2H3,(H,17,21). The number of rotatable bonds is 23. The molecule has 12 aromatic rings. The van der Waals surface area contributed by atoms with Crippen molar-refractivity contribution in [2.45, 2.75) is 155 Å². The van der Waals surface area contributed by atoms with Crippen molar-refractivity contribution in [2.24, 2.45) is 0 Å². The summed E-state index contributed by atoms with van der Waals surface area (Å²) in [6.07, 6.45) is 12.1. The number of carbonyl (C=O) groups is 6. The minimum absolute atomic E-state index is 0.0285. The van der Waals surface area contributed by atoms with Gasteiger partial charge in [0.25, 0.3) is 33.4 Å². The first-order valence-electron chi connectivity index (χ1n) is 53.4. The minimum Gasteiger partial charge on any atom is -0.379 e. The molecule has 6 aromatic heterocycles. The number of hydrogen-bond acceptors (Lipinski definition) is 22. The number of aromatic amines is 6. The van der Waals surface area contributed by atoms with Gasteiger partial charge < -0.3 is 104 Å². The second-order valence-electron chi connectivity index (χ2n) is 41.8. The Morgan fingerprint density at radius 1 is 0.295 bits per heavy atom. The molecule has 0 radical (unpaired) electrons. The van der Waals surface area contributed by atoms with Crippen LogP contribution in [0.3, 0.4) is 0 Å². The van der Waals surface area contributed by atoms with Gasteiger partial charge in [0.15, 0.2) is 0 Å². The normalized spacial score (nSPS) is 16.8. The number of likely N-dealkylation sites (N-methyl/N-ethyl adjacent to an activating group) is 3. The maximum atomic E-state index is 12.7. The molecule has 3 saturated heterocycles. The number of piperazine rings is 2. The lowest BCUT2D eigenvalue weighted by atomic mass is 9.98. The van der Waals surface area contributed by atoms with Gasteiger partial charge in [0.2, 0.25) is 35.4 Å². The molecule has 21 rings (SSSR count). The van der Waals surface area contributed by atoms with Crippen LogP contribution >= 0.6 is 0 Å². The number of likely N-dealkylation sites (tertiary alicyclic amines) is 1. The summed E-state index contributed by atoms with van der Waals surface area (Å²) in [6, 6.07) is 45.8. The molecule has 34 nitrogen and oxygen atoms in total. The van der Waals surface area contributed by atoms with Crippen molar-refractivity contribution < 1.29 is 33.9 Å². The Kier molecular flexibility index (Phi) is 37.6. The molecule has 8 N–H and O–H groups in total. The number of amides is 6. The van der Waals surface area contributed by atoms with E-state index in [1.54, 1.807) is 6.92 Å². The zero-order valence-electron chi connectivity index (χ0n) is 88.1. The fraction of sp³-hybridized carbons (Fsp3) is 0.478. The highest BCUT2D eigenvalue weighted by Crippen LogP contribution is 2.33. The van der Waals surface area contributed by atoms with Crippen LogP contribution in [-0.2, 0) is 107 Å². The zero-order chi connectivity index (χ0) is 105. The first-order valence-corrected chi connectivity index (χ1v) is 53.4. The summed E-state index contributed by atoms with van der Waals surface area (Å²) in [4.78, 5) is 196. The number of nitrogens with one attached hydrogen (secondary N) is 7. The highest BCUT2D eigenvalue weighted by molar-refractivity contribution is 5.92. The highest BCUT2D eigenvalue weighted by atomic mass is 16.3. The van der Waals surface area contributed by atoms with Gasteiger partial charge in [-0.3, -0.25) is 62.9 Å². The summed E-state index contributed by atoms with van der Waals surface area (Å²) >= 11 is 0. The Labute approximate surface area is 869 Å². The maximum Gasteiger partial charge on any atom is 0.256 e. The number of fused-ring (bicyclic) bond motifs is 18. The lowest BCUT2D eigenvalue weighted by molar-refractivity contribution is -0.133. The Balaban J connectivity index is 0.000000128. The predicted octanol–water partition coefficient (Wildman–Crippen LogP) is 8.17. The third kappa shape index (κ3) is 28.0. The van der Waals surface area contributed by atoms with Gasteiger partial charge in [0.1, 0.15) is 6.23 Å². The molecule has 1 atom stereocenters. The van der Waals surface area contributed by atoms with Gasteiger partial charge in [-0.15, -0.1) is 0 Å². The maximum absolute atomic E-state index is 12.7. The first-order chi connectivity index (χ1) is 72.0. The summed E-state index contributed by atoms with van der Waals surface area (Å²) in [7, 11) is 14.3. The smallest absolute Gasteiger partial charge is 0.256 e. The molecule has 0 bridgehead atoms. The molecular formula is C115H149N21O13. The number of carbonyl (C=O) groups excluding carboxylic acids is 6. The molecule has 149 heavy (non-hydrogen) atoms. The summed E-state index contributed by atoms with van der Waals surface area (Å²) in [5.41, 5.74) is 12.1. The number of H-pyrrole nitrogens is 6. The van der Waals surface area contributed by atoms with Crippen molar-refractivity contribution in [2.75, 3.05) is 206 Å². The van der Waals surface area contributed by atoms with E-state index in [9.17, 15) is 62.6 Å². The molecule has 3 fully saturated rings. The predicted molar refractivity (Wildman–Crippen MR) is 587 cm³/mol. The van der Waals surface area contributed by atoms with E-state index in [2.05, 4.69) is 105 Å². The van der Waals surface area contributed by atoms with Crippen LogP contribution in [0.5, 0.6) is 0 Å². The molecule has 34 heteroatoms. The van der Waals surface area contributed by atoms with Gasteiger partial charge >= 0.3 is 0 Å². The van der Waals surface area contributed by atoms with E-state index in [-0.39, 0.29) is 68.8 Å². The number of benzene rings is 6. The molecule has 792 valence electrons. The van der Waals surface area contributed by atoms with Gasteiger partial charge in [0.05, 0.1) is 6.54 Å². The van der Waals surface area contributed by atoms with Crippen LogP contribution in [0.25, 0.3) is 64.6 Å². The Bertz CT molecular complexity index is 7150. The second kappa shape index (κ2) is 51.5. The van der Waals surface area contributed by atoms with Gasteiger partial charge in [0, 0.05) is 294 Å². The largest absolute Gasteiger partial charge is 0.379 e. The van der Waals surface area contributed by atoms with Crippen LogP contribution in [-0.4, -0.2) is 352 Å².